The SMILES string of the molecule is O=C(COc1ccc2c(c1)CCC2)Nc1cccc(Br)c1. The number of anilines is 1. The minimum absolute atomic E-state index is 0.0191. The summed E-state index contributed by atoms with van der Waals surface area (Å²) in [4.78, 5) is 11.9. The van der Waals surface area contributed by atoms with Crippen molar-refractivity contribution in [1.29, 1.82) is 0 Å². The largest absolute Gasteiger partial charge is 0.484 e. The van der Waals surface area contributed by atoms with Crippen molar-refractivity contribution < 1.29 is 9.53 Å². The van der Waals surface area contributed by atoms with E-state index in [1.807, 2.05) is 30.3 Å². The summed E-state index contributed by atoms with van der Waals surface area (Å²) in [5.74, 6) is 0.605. The lowest BCUT2D eigenvalue weighted by Crippen LogP contribution is -2.20. The molecular formula is C17H16BrNO2. The molecule has 21 heavy (non-hydrogen) atoms. The average Bonchev–Trinajstić information content (AvgIpc) is 2.92. The first-order valence-corrected chi connectivity index (χ1v) is 7.80. The number of ether oxygens (including phenoxy) is 1. The first kappa shape index (κ1) is 14.1. The highest BCUT2D eigenvalue weighted by atomic mass is 79.9. The Bertz CT molecular complexity index is 670. The molecule has 1 amide bonds. The highest BCUT2D eigenvalue weighted by Gasteiger charge is 2.12. The second-order valence-electron chi connectivity index (χ2n) is 5.13. The molecular weight excluding hydrogens is 330 g/mol. The Morgan fingerprint density at radius 2 is 2.00 bits per heavy atom. The summed E-state index contributed by atoms with van der Waals surface area (Å²) in [5.41, 5.74) is 3.51. The third-order valence-electron chi connectivity index (χ3n) is 3.55. The van der Waals surface area contributed by atoms with E-state index in [9.17, 15) is 4.79 Å². The molecule has 4 heteroatoms. The van der Waals surface area contributed by atoms with Gasteiger partial charge in [0.1, 0.15) is 5.75 Å². The van der Waals surface area contributed by atoms with Crippen LogP contribution in [0.1, 0.15) is 17.5 Å². The number of rotatable bonds is 4. The van der Waals surface area contributed by atoms with Gasteiger partial charge in [-0.2, -0.15) is 0 Å². The van der Waals surface area contributed by atoms with Gasteiger partial charge in [0.15, 0.2) is 6.61 Å². The van der Waals surface area contributed by atoms with Gasteiger partial charge in [-0.1, -0.05) is 28.1 Å². The van der Waals surface area contributed by atoms with Crippen LogP contribution in [-0.2, 0) is 17.6 Å². The van der Waals surface area contributed by atoms with E-state index in [1.165, 1.54) is 17.5 Å². The van der Waals surface area contributed by atoms with Gasteiger partial charge in [-0.3, -0.25) is 4.79 Å². The molecule has 0 unspecified atom stereocenters. The number of carbonyl (C=O) groups excluding carboxylic acids is 1. The molecule has 108 valence electrons. The van der Waals surface area contributed by atoms with Crippen LogP contribution in [0.25, 0.3) is 0 Å². The van der Waals surface area contributed by atoms with Crippen LogP contribution in [0.4, 0.5) is 5.69 Å². The zero-order valence-corrected chi connectivity index (χ0v) is 13.2. The average molecular weight is 346 g/mol. The molecule has 0 heterocycles. The molecule has 1 N–H and O–H groups in total. The van der Waals surface area contributed by atoms with Crippen molar-refractivity contribution in [3.05, 3.63) is 58.1 Å². The number of benzene rings is 2. The van der Waals surface area contributed by atoms with Crippen LogP contribution in [0.15, 0.2) is 46.9 Å². The Labute approximate surface area is 132 Å². The lowest BCUT2D eigenvalue weighted by Gasteiger charge is -2.09. The highest BCUT2D eigenvalue weighted by molar-refractivity contribution is 9.10. The van der Waals surface area contributed by atoms with Gasteiger partial charge in [0.05, 0.1) is 0 Å². The lowest BCUT2D eigenvalue weighted by molar-refractivity contribution is -0.118. The van der Waals surface area contributed by atoms with Gasteiger partial charge >= 0.3 is 0 Å². The smallest absolute Gasteiger partial charge is 0.262 e. The first-order chi connectivity index (χ1) is 10.2. The van der Waals surface area contributed by atoms with Crippen molar-refractivity contribution in [2.24, 2.45) is 0 Å². The predicted octanol–water partition coefficient (Wildman–Crippen LogP) is 3.96. The van der Waals surface area contributed by atoms with Gasteiger partial charge in [0.2, 0.25) is 0 Å². The van der Waals surface area contributed by atoms with Gasteiger partial charge in [-0.25, -0.2) is 0 Å². The zero-order chi connectivity index (χ0) is 14.7. The van der Waals surface area contributed by atoms with Gasteiger partial charge in [-0.05, 0) is 60.7 Å². The fraction of sp³-hybridized carbons (Fsp3) is 0.235. The number of carbonyl (C=O) groups is 1. The molecule has 0 atom stereocenters. The van der Waals surface area contributed by atoms with E-state index in [2.05, 4.69) is 33.4 Å². The van der Waals surface area contributed by atoms with E-state index in [4.69, 9.17) is 4.74 Å². The van der Waals surface area contributed by atoms with Crippen molar-refractivity contribution in [2.45, 2.75) is 19.3 Å². The summed E-state index contributed by atoms with van der Waals surface area (Å²) in [5, 5.41) is 2.81. The molecule has 1 aliphatic carbocycles. The van der Waals surface area contributed by atoms with E-state index in [0.29, 0.717) is 0 Å². The van der Waals surface area contributed by atoms with E-state index >= 15 is 0 Å². The van der Waals surface area contributed by atoms with E-state index in [1.54, 1.807) is 0 Å². The Balaban J connectivity index is 1.56. The summed E-state index contributed by atoms with van der Waals surface area (Å²) in [6, 6.07) is 13.6. The number of aryl methyl sites for hydroxylation is 2. The van der Waals surface area contributed by atoms with E-state index < -0.39 is 0 Å². The van der Waals surface area contributed by atoms with Gasteiger partial charge < -0.3 is 10.1 Å². The number of amides is 1. The van der Waals surface area contributed by atoms with Gasteiger partial charge in [0.25, 0.3) is 5.91 Å². The molecule has 0 fully saturated rings. The number of hydrogen-bond donors (Lipinski definition) is 1. The Kier molecular flexibility index (Phi) is 4.25. The minimum atomic E-state index is -0.159. The van der Waals surface area contributed by atoms with Crippen LogP contribution >= 0.6 is 15.9 Å². The maximum atomic E-state index is 11.9. The van der Waals surface area contributed by atoms with Crippen LogP contribution in [0.2, 0.25) is 0 Å². The molecule has 3 nitrogen and oxygen atoms in total. The highest BCUT2D eigenvalue weighted by Crippen LogP contribution is 2.26. The number of hydrogen-bond acceptors (Lipinski definition) is 2. The summed E-state index contributed by atoms with van der Waals surface area (Å²) >= 11 is 3.37. The van der Waals surface area contributed by atoms with Gasteiger partial charge in [-0.15, -0.1) is 0 Å². The molecule has 0 saturated carbocycles. The number of nitrogens with one attached hydrogen (secondary N) is 1. The van der Waals surface area contributed by atoms with Crippen molar-refractivity contribution in [3.63, 3.8) is 0 Å². The molecule has 0 aliphatic heterocycles. The van der Waals surface area contributed by atoms with Crippen molar-refractivity contribution in [3.8, 4) is 5.75 Å². The van der Waals surface area contributed by atoms with Crippen LogP contribution in [0.3, 0.4) is 0 Å². The summed E-state index contributed by atoms with van der Waals surface area (Å²) in [6.07, 6.45) is 3.47. The molecule has 3 rings (SSSR count). The fourth-order valence-corrected chi connectivity index (χ4v) is 2.95. The lowest BCUT2D eigenvalue weighted by atomic mass is 10.1. The molecule has 2 aromatic rings. The Morgan fingerprint density at radius 1 is 1.14 bits per heavy atom. The third kappa shape index (κ3) is 3.64. The summed E-state index contributed by atoms with van der Waals surface area (Å²) in [6.45, 7) is 0.0191. The first-order valence-electron chi connectivity index (χ1n) is 7.01. The Hall–Kier alpha value is -1.81. The van der Waals surface area contributed by atoms with E-state index in [-0.39, 0.29) is 12.5 Å². The van der Waals surface area contributed by atoms with Crippen molar-refractivity contribution >= 4 is 27.5 Å². The minimum Gasteiger partial charge on any atom is -0.484 e. The van der Waals surface area contributed by atoms with Gasteiger partial charge in [0, 0.05) is 10.2 Å². The standard InChI is InChI=1S/C17H16BrNO2/c18-14-5-2-6-15(10-14)19-17(20)11-21-16-8-7-12-3-1-4-13(12)9-16/h2,5-10H,1,3-4,11H2,(H,19,20). The number of fused-ring (bicyclic) bond motifs is 1. The molecule has 0 saturated heterocycles. The fourth-order valence-electron chi connectivity index (χ4n) is 2.55. The Morgan fingerprint density at radius 3 is 2.86 bits per heavy atom. The van der Waals surface area contributed by atoms with Crippen LogP contribution < -0.4 is 10.1 Å². The van der Waals surface area contributed by atoms with E-state index in [0.717, 1.165) is 28.8 Å². The van der Waals surface area contributed by atoms with Crippen LogP contribution in [0.5, 0.6) is 5.75 Å². The zero-order valence-electron chi connectivity index (χ0n) is 11.6. The maximum absolute atomic E-state index is 11.9. The van der Waals surface area contributed by atoms with Crippen molar-refractivity contribution in [1.82, 2.24) is 0 Å². The monoisotopic (exact) mass is 345 g/mol. The molecule has 0 bridgehead atoms. The molecule has 0 radical (unpaired) electrons. The predicted molar refractivity (Wildman–Crippen MR) is 86.7 cm³/mol. The molecule has 2 aromatic carbocycles. The third-order valence-corrected chi connectivity index (χ3v) is 4.04. The number of halogens is 1. The maximum Gasteiger partial charge on any atom is 0.262 e. The molecule has 1 aliphatic rings. The summed E-state index contributed by atoms with van der Waals surface area (Å²) in [7, 11) is 0. The second-order valence-corrected chi connectivity index (χ2v) is 6.05. The quantitative estimate of drug-likeness (QED) is 0.910. The summed E-state index contributed by atoms with van der Waals surface area (Å²) < 4.78 is 6.50. The molecule has 0 aromatic heterocycles. The normalized spacial score (nSPS) is 12.8. The topological polar surface area (TPSA) is 38.3 Å². The van der Waals surface area contributed by atoms with Crippen molar-refractivity contribution in [2.75, 3.05) is 11.9 Å². The second kappa shape index (κ2) is 6.31. The van der Waals surface area contributed by atoms with Crippen LogP contribution in [0, 0.1) is 0 Å². The van der Waals surface area contributed by atoms with Crippen LogP contribution in [-0.4, -0.2) is 12.5 Å². The molecule has 0 spiro atoms.